The zero-order chi connectivity index (χ0) is 8.72. The Kier molecular flexibility index (Phi) is 2.31. The SMILES string of the molecule is Fc1c(S)cc(I)c2sccc12. The molecule has 62 valence electrons. The van der Waals surface area contributed by atoms with E-state index >= 15 is 0 Å². The maximum atomic E-state index is 13.3. The van der Waals surface area contributed by atoms with Gasteiger partial charge in [-0.15, -0.1) is 24.0 Å². The first kappa shape index (κ1) is 8.77. The fourth-order valence-corrected chi connectivity index (χ4v) is 3.33. The van der Waals surface area contributed by atoms with Gasteiger partial charge in [0.1, 0.15) is 5.82 Å². The van der Waals surface area contributed by atoms with Crippen molar-refractivity contribution in [3.63, 3.8) is 0 Å². The van der Waals surface area contributed by atoms with Gasteiger partial charge >= 0.3 is 0 Å². The fraction of sp³-hybridized carbons (Fsp3) is 0. The van der Waals surface area contributed by atoms with Crippen molar-refractivity contribution in [2.24, 2.45) is 0 Å². The molecule has 1 aromatic carbocycles. The average Bonchev–Trinajstić information content (AvgIpc) is 2.48. The number of rotatable bonds is 0. The van der Waals surface area contributed by atoms with Gasteiger partial charge in [-0.3, -0.25) is 0 Å². The van der Waals surface area contributed by atoms with Crippen LogP contribution in [0.1, 0.15) is 0 Å². The van der Waals surface area contributed by atoms with Crippen LogP contribution in [0.25, 0.3) is 10.1 Å². The van der Waals surface area contributed by atoms with Gasteiger partial charge in [-0.2, -0.15) is 0 Å². The minimum atomic E-state index is -0.213. The Labute approximate surface area is 92.3 Å². The highest BCUT2D eigenvalue weighted by Gasteiger charge is 2.08. The highest BCUT2D eigenvalue weighted by molar-refractivity contribution is 14.1. The number of fused-ring (bicyclic) bond motifs is 1. The van der Waals surface area contributed by atoms with Crippen LogP contribution >= 0.6 is 46.6 Å². The summed E-state index contributed by atoms with van der Waals surface area (Å²) in [6, 6.07) is 3.54. The number of thiophene rings is 1. The van der Waals surface area contributed by atoms with Gasteiger partial charge in [0, 0.05) is 13.9 Å². The van der Waals surface area contributed by atoms with Crippen molar-refractivity contribution >= 4 is 56.6 Å². The number of hydrogen-bond donors (Lipinski definition) is 1. The molecule has 0 aliphatic heterocycles. The third-order valence-electron chi connectivity index (χ3n) is 1.61. The van der Waals surface area contributed by atoms with Crippen LogP contribution < -0.4 is 0 Å². The summed E-state index contributed by atoms with van der Waals surface area (Å²) >= 11 is 7.79. The van der Waals surface area contributed by atoms with Crippen molar-refractivity contribution in [3.05, 3.63) is 26.9 Å². The van der Waals surface area contributed by atoms with Crippen molar-refractivity contribution in [1.29, 1.82) is 0 Å². The second-order valence-electron chi connectivity index (χ2n) is 2.35. The summed E-state index contributed by atoms with van der Waals surface area (Å²) in [5, 5.41) is 2.57. The predicted molar refractivity (Wildman–Crippen MR) is 61.8 cm³/mol. The van der Waals surface area contributed by atoms with E-state index in [2.05, 4.69) is 35.2 Å². The van der Waals surface area contributed by atoms with Gasteiger partial charge in [-0.05, 0) is 40.1 Å². The molecule has 0 amide bonds. The van der Waals surface area contributed by atoms with E-state index in [-0.39, 0.29) is 5.82 Å². The molecule has 0 N–H and O–H groups in total. The van der Waals surface area contributed by atoms with Crippen LogP contribution in [0.3, 0.4) is 0 Å². The topological polar surface area (TPSA) is 0 Å². The van der Waals surface area contributed by atoms with Gasteiger partial charge in [-0.1, -0.05) is 0 Å². The fourth-order valence-electron chi connectivity index (χ4n) is 1.05. The molecule has 0 bridgehead atoms. The maximum Gasteiger partial charge on any atom is 0.145 e. The monoisotopic (exact) mass is 310 g/mol. The first-order valence-corrected chi connectivity index (χ1v) is 5.65. The number of thiol groups is 1. The lowest BCUT2D eigenvalue weighted by Crippen LogP contribution is -1.81. The van der Waals surface area contributed by atoms with Gasteiger partial charge in [-0.25, -0.2) is 4.39 Å². The van der Waals surface area contributed by atoms with Crippen LogP contribution in [0, 0.1) is 9.39 Å². The van der Waals surface area contributed by atoms with Gasteiger partial charge in [0.05, 0.1) is 4.70 Å². The Hall–Kier alpha value is 0.190. The predicted octanol–water partition coefficient (Wildman–Crippen LogP) is 3.93. The molecule has 0 aliphatic carbocycles. The molecule has 0 atom stereocenters. The van der Waals surface area contributed by atoms with E-state index in [0.29, 0.717) is 10.3 Å². The Morgan fingerprint density at radius 3 is 3.00 bits per heavy atom. The summed E-state index contributed by atoms with van der Waals surface area (Å²) in [5.74, 6) is -0.213. The van der Waals surface area contributed by atoms with Crippen LogP contribution in [-0.2, 0) is 0 Å². The molecular formula is C8H4FIS2. The smallest absolute Gasteiger partial charge is 0.145 e. The third-order valence-corrected chi connectivity index (χ3v) is 4.10. The van der Waals surface area contributed by atoms with Crippen LogP contribution in [0.4, 0.5) is 4.39 Å². The van der Waals surface area contributed by atoms with Crippen LogP contribution in [0.2, 0.25) is 0 Å². The normalized spacial score (nSPS) is 10.9. The molecule has 1 heterocycles. The lowest BCUT2D eigenvalue weighted by molar-refractivity contribution is 0.615. The number of hydrogen-bond acceptors (Lipinski definition) is 2. The molecule has 0 fully saturated rings. The molecule has 0 nitrogen and oxygen atoms in total. The third kappa shape index (κ3) is 1.25. The molecule has 4 heteroatoms. The van der Waals surface area contributed by atoms with Gasteiger partial charge in [0.2, 0.25) is 0 Å². The second-order valence-corrected chi connectivity index (χ2v) is 4.92. The van der Waals surface area contributed by atoms with Crippen molar-refractivity contribution in [3.8, 4) is 0 Å². The Morgan fingerprint density at radius 2 is 2.25 bits per heavy atom. The molecule has 2 rings (SSSR count). The Bertz CT molecular complexity index is 436. The molecule has 0 radical (unpaired) electrons. The molecule has 0 aliphatic rings. The maximum absolute atomic E-state index is 13.3. The van der Waals surface area contributed by atoms with Crippen molar-refractivity contribution in [1.82, 2.24) is 0 Å². The average molecular weight is 310 g/mol. The molecule has 12 heavy (non-hydrogen) atoms. The van der Waals surface area contributed by atoms with Crippen molar-refractivity contribution in [2.75, 3.05) is 0 Å². The van der Waals surface area contributed by atoms with Gasteiger partial charge < -0.3 is 0 Å². The zero-order valence-electron chi connectivity index (χ0n) is 5.84. The van der Waals surface area contributed by atoms with Crippen molar-refractivity contribution < 1.29 is 4.39 Å². The van der Waals surface area contributed by atoms with Crippen molar-refractivity contribution in [2.45, 2.75) is 4.90 Å². The summed E-state index contributed by atoms with van der Waals surface area (Å²) in [4.78, 5) is 0.422. The minimum Gasteiger partial charge on any atom is -0.205 e. The van der Waals surface area contributed by atoms with E-state index in [9.17, 15) is 4.39 Å². The number of benzene rings is 1. The largest absolute Gasteiger partial charge is 0.205 e. The van der Waals surface area contributed by atoms with Gasteiger partial charge in [0.25, 0.3) is 0 Å². The first-order valence-electron chi connectivity index (χ1n) is 3.24. The van der Waals surface area contributed by atoms with Crippen LogP contribution in [0.15, 0.2) is 22.4 Å². The molecule has 2 aromatic rings. The molecular weight excluding hydrogens is 306 g/mol. The van der Waals surface area contributed by atoms with E-state index in [1.807, 2.05) is 5.38 Å². The Balaban J connectivity index is 2.97. The molecule has 0 saturated heterocycles. The van der Waals surface area contributed by atoms with Gasteiger partial charge in [0.15, 0.2) is 0 Å². The van der Waals surface area contributed by atoms with E-state index < -0.39 is 0 Å². The quantitative estimate of drug-likeness (QED) is 0.553. The Morgan fingerprint density at radius 1 is 1.50 bits per heavy atom. The number of halogens is 2. The first-order chi connectivity index (χ1) is 5.70. The van der Waals surface area contributed by atoms with E-state index in [4.69, 9.17) is 0 Å². The van der Waals surface area contributed by atoms with E-state index in [1.54, 1.807) is 23.5 Å². The highest BCUT2D eigenvalue weighted by Crippen LogP contribution is 2.31. The standard InChI is InChI=1S/C8H4FIS2/c9-7-4-1-2-12-8(4)5(10)3-6(7)11/h1-3,11H. The highest BCUT2D eigenvalue weighted by atomic mass is 127. The molecule has 0 saturated carbocycles. The summed E-state index contributed by atoms with van der Waals surface area (Å²) < 4.78 is 15.4. The molecule has 0 spiro atoms. The zero-order valence-corrected chi connectivity index (χ0v) is 9.71. The molecule has 1 aromatic heterocycles. The lowest BCUT2D eigenvalue weighted by Gasteiger charge is -1.98. The summed E-state index contributed by atoms with van der Waals surface area (Å²) in [7, 11) is 0. The molecule has 0 unspecified atom stereocenters. The lowest BCUT2D eigenvalue weighted by atomic mass is 10.2. The van der Waals surface area contributed by atoms with E-state index in [0.717, 1.165) is 8.27 Å². The summed E-state index contributed by atoms with van der Waals surface area (Å²) in [6.45, 7) is 0. The summed E-state index contributed by atoms with van der Waals surface area (Å²) in [6.07, 6.45) is 0. The second kappa shape index (κ2) is 3.16. The van der Waals surface area contributed by atoms with Crippen LogP contribution in [-0.4, -0.2) is 0 Å². The summed E-state index contributed by atoms with van der Waals surface area (Å²) in [5.41, 5.74) is 0. The van der Waals surface area contributed by atoms with Crippen LogP contribution in [0.5, 0.6) is 0 Å². The minimum absolute atomic E-state index is 0.213. The van der Waals surface area contributed by atoms with E-state index in [1.165, 1.54) is 0 Å².